The van der Waals surface area contributed by atoms with Gasteiger partial charge in [-0.05, 0) is 61.0 Å². The Kier molecular flexibility index (Phi) is 7.31. The molecule has 1 N–H and O–H groups in total. The smallest absolute Gasteiger partial charge is 0.265 e. The van der Waals surface area contributed by atoms with Gasteiger partial charge in [0.2, 0.25) is 5.91 Å². The van der Waals surface area contributed by atoms with E-state index in [2.05, 4.69) is 5.32 Å². The number of ether oxygens (including phenoxy) is 2. The first-order valence-corrected chi connectivity index (χ1v) is 11.2. The number of ketones is 1. The van der Waals surface area contributed by atoms with Gasteiger partial charge in [-0.3, -0.25) is 19.3 Å². The van der Waals surface area contributed by atoms with E-state index < -0.39 is 17.9 Å². The average Bonchev–Trinajstić information content (AvgIpc) is 2.86. The van der Waals surface area contributed by atoms with E-state index in [4.69, 9.17) is 21.1 Å². The molecule has 0 bridgehead atoms. The molecule has 0 spiro atoms. The first-order chi connectivity index (χ1) is 16.8. The zero-order valence-corrected chi connectivity index (χ0v) is 19.5. The minimum Gasteiger partial charge on any atom is -0.485 e. The number of hydrogen-bond donors (Lipinski definition) is 1. The summed E-state index contributed by atoms with van der Waals surface area (Å²) in [6.07, 6.45) is 0. The molecular weight excluding hydrogens is 475 g/mol. The van der Waals surface area contributed by atoms with E-state index >= 15 is 0 Å². The highest BCUT2D eigenvalue weighted by atomic mass is 35.5. The number of benzene rings is 3. The molecule has 0 fully saturated rings. The molecule has 3 aromatic carbocycles. The Morgan fingerprint density at radius 3 is 2.66 bits per heavy atom. The highest BCUT2D eigenvalue weighted by Gasteiger charge is 2.33. The van der Waals surface area contributed by atoms with Crippen molar-refractivity contribution in [3.05, 3.63) is 88.7 Å². The second-order valence-electron chi connectivity index (χ2n) is 7.92. The molecule has 4 rings (SSSR count). The van der Waals surface area contributed by atoms with Crippen LogP contribution in [0.25, 0.3) is 0 Å². The SMILES string of the molecule is C[C@@H](C(=O)NCc1ccc(F)cc1)N1C(=O)COc2ccc(C(=O)COc3cccc(Cl)c3)cc21. The topological polar surface area (TPSA) is 84.9 Å². The van der Waals surface area contributed by atoms with E-state index in [0.29, 0.717) is 33.3 Å². The van der Waals surface area contributed by atoms with E-state index in [1.165, 1.54) is 23.1 Å². The van der Waals surface area contributed by atoms with Gasteiger partial charge in [0.25, 0.3) is 5.91 Å². The quantitative estimate of drug-likeness (QED) is 0.473. The Hall–Kier alpha value is -3.91. The molecule has 1 atom stereocenters. The van der Waals surface area contributed by atoms with Crippen molar-refractivity contribution >= 4 is 34.9 Å². The minimum atomic E-state index is -0.876. The molecule has 0 saturated carbocycles. The largest absolute Gasteiger partial charge is 0.485 e. The second-order valence-corrected chi connectivity index (χ2v) is 8.36. The maximum atomic E-state index is 13.1. The number of fused-ring (bicyclic) bond motifs is 1. The fourth-order valence-corrected chi connectivity index (χ4v) is 3.79. The number of amides is 2. The minimum absolute atomic E-state index is 0.175. The van der Waals surface area contributed by atoms with Gasteiger partial charge in [0.05, 0.1) is 5.69 Å². The summed E-state index contributed by atoms with van der Waals surface area (Å²) in [4.78, 5) is 39.6. The lowest BCUT2D eigenvalue weighted by Crippen LogP contribution is -2.51. The zero-order valence-electron chi connectivity index (χ0n) is 18.8. The lowest BCUT2D eigenvalue weighted by molar-refractivity contribution is -0.127. The normalized spacial score (nSPS) is 13.5. The molecule has 35 heavy (non-hydrogen) atoms. The van der Waals surface area contributed by atoms with Crippen LogP contribution in [0, 0.1) is 5.82 Å². The lowest BCUT2D eigenvalue weighted by atomic mass is 10.1. The molecule has 3 aromatic rings. The van der Waals surface area contributed by atoms with E-state index in [-0.39, 0.29) is 31.4 Å². The third-order valence-corrected chi connectivity index (χ3v) is 5.71. The number of Topliss-reactive ketones (excluding diaryl/α,β-unsaturated/α-hetero) is 1. The van der Waals surface area contributed by atoms with Crippen LogP contribution in [0.5, 0.6) is 11.5 Å². The first-order valence-electron chi connectivity index (χ1n) is 10.8. The van der Waals surface area contributed by atoms with Crippen LogP contribution >= 0.6 is 11.6 Å². The molecule has 7 nitrogen and oxygen atoms in total. The van der Waals surface area contributed by atoms with E-state index in [9.17, 15) is 18.8 Å². The predicted molar refractivity (Wildman–Crippen MR) is 128 cm³/mol. The lowest BCUT2D eigenvalue weighted by Gasteiger charge is -2.33. The van der Waals surface area contributed by atoms with Crippen LogP contribution < -0.4 is 19.7 Å². The summed E-state index contributed by atoms with van der Waals surface area (Å²) in [6.45, 7) is 1.30. The van der Waals surface area contributed by atoms with Crippen molar-refractivity contribution in [1.29, 1.82) is 0 Å². The van der Waals surface area contributed by atoms with Gasteiger partial charge in [0.15, 0.2) is 19.0 Å². The molecule has 2 amide bonds. The Morgan fingerprint density at radius 1 is 1.14 bits per heavy atom. The number of anilines is 1. The third kappa shape index (κ3) is 5.78. The van der Waals surface area contributed by atoms with Gasteiger partial charge in [0.1, 0.15) is 23.4 Å². The van der Waals surface area contributed by atoms with Crippen molar-refractivity contribution in [2.75, 3.05) is 18.1 Å². The highest BCUT2D eigenvalue weighted by Crippen LogP contribution is 2.34. The first kappa shape index (κ1) is 24.2. The van der Waals surface area contributed by atoms with Crippen LogP contribution in [0.1, 0.15) is 22.8 Å². The van der Waals surface area contributed by atoms with Gasteiger partial charge >= 0.3 is 0 Å². The van der Waals surface area contributed by atoms with Crippen LogP contribution in [-0.2, 0) is 16.1 Å². The summed E-state index contributed by atoms with van der Waals surface area (Å²) < 4.78 is 24.1. The monoisotopic (exact) mass is 496 g/mol. The van der Waals surface area contributed by atoms with E-state index in [1.807, 2.05) is 0 Å². The number of rotatable bonds is 8. The summed E-state index contributed by atoms with van der Waals surface area (Å²) in [7, 11) is 0. The summed E-state index contributed by atoms with van der Waals surface area (Å²) in [5, 5.41) is 3.24. The standard InChI is InChI=1S/C26H22ClFN2O5/c1-16(26(33)29-13-17-5-8-20(28)9-6-17)30-22-11-18(7-10-24(22)35-15-25(30)32)23(31)14-34-21-4-2-3-19(27)12-21/h2-12,16H,13-15H2,1H3,(H,29,33)/t16-/m0/s1. The Bertz CT molecular complexity index is 1260. The number of nitrogens with one attached hydrogen (secondary N) is 1. The number of halogens is 2. The van der Waals surface area contributed by atoms with Gasteiger partial charge in [-0.2, -0.15) is 0 Å². The van der Waals surface area contributed by atoms with Crippen LogP contribution in [0.3, 0.4) is 0 Å². The van der Waals surface area contributed by atoms with Crippen molar-refractivity contribution in [2.24, 2.45) is 0 Å². The van der Waals surface area contributed by atoms with Gasteiger partial charge in [0, 0.05) is 17.1 Å². The molecule has 1 aliphatic rings. The van der Waals surface area contributed by atoms with Crippen molar-refractivity contribution in [3.8, 4) is 11.5 Å². The summed E-state index contributed by atoms with van der Waals surface area (Å²) in [5.74, 6) is -0.671. The average molecular weight is 497 g/mol. The third-order valence-electron chi connectivity index (χ3n) is 5.47. The maximum Gasteiger partial charge on any atom is 0.265 e. The molecule has 1 aliphatic heterocycles. The molecule has 0 radical (unpaired) electrons. The Morgan fingerprint density at radius 2 is 1.91 bits per heavy atom. The van der Waals surface area contributed by atoms with Crippen LogP contribution in [0.4, 0.5) is 10.1 Å². The fraction of sp³-hybridized carbons (Fsp3) is 0.192. The van der Waals surface area contributed by atoms with Crippen LogP contribution in [0.15, 0.2) is 66.7 Å². The van der Waals surface area contributed by atoms with Crippen molar-refractivity contribution in [3.63, 3.8) is 0 Å². The summed E-state index contributed by atoms with van der Waals surface area (Å²) >= 11 is 5.94. The predicted octanol–water partition coefficient (Wildman–Crippen LogP) is 4.17. The molecule has 0 aliphatic carbocycles. The highest BCUT2D eigenvalue weighted by molar-refractivity contribution is 6.30. The molecule has 9 heteroatoms. The van der Waals surface area contributed by atoms with Gasteiger partial charge in [-0.1, -0.05) is 29.8 Å². The second kappa shape index (κ2) is 10.6. The Balaban J connectivity index is 1.48. The molecule has 0 aromatic heterocycles. The van der Waals surface area contributed by atoms with Crippen molar-refractivity contribution in [1.82, 2.24) is 5.32 Å². The Labute approximate surface area is 206 Å². The maximum absolute atomic E-state index is 13.1. The number of hydrogen-bond acceptors (Lipinski definition) is 5. The molecule has 1 heterocycles. The van der Waals surface area contributed by atoms with Gasteiger partial charge < -0.3 is 14.8 Å². The zero-order chi connectivity index (χ0) is 24.9. The fourth-order valence-electron chi connectivity index (χ4n) is 3.61. The molecule has 0 unspecified atom stereocenters. The van der Waals surface area contributed by atoms with E-state index in [1.54, 1.807) is 55.5 Å². The van der Waals surface area contributed by atoms with Crippen LogP contribution in [-0.4, -0.2) is 36.9 Å². The van der Waals surface area contributed by atoms with Gasteiger partial charge in [-0.25, -0.2) is 4.39 Å². The number of carbonyl (C=O) groups is 3. The van der Waals surface area contributed by atoms with Crippen molar-refractivity contribution in [2.45, 2.75) is 19.5 Å². The summed E-state index contributed by atoms with van der Waals surface area (Å²) in [5.41, 5.74) is 1.33. The number of nitrogens with zero attached hydrogens (tertiary/aromatic N) is 1. The van der Waals surface area contributed by atoms with Crippen LogP contribution in [0.2, 0.25) is 5.02 Å². The van der Waals surface area contributed by atoms with E-state index in [0.717, 1.165) is 0 Å². The van der Waals surface area contributed by atoms with Crippen molar-refractivity contribution < 1.29 is 28.2 Å². The molecule has 180 valence electrons. The molecule has 0 saturated heterocycles. The number of carbonyl (C=O) groups excluding carboxylic acids is 3. The van der Waals surface area contributed by atoms with Gasteiger partial charge in [-0.15, -0.1) is 0 Å². The summed E-state index contributed by atoms with van der Waals surface area (Å²) in [6, 6.07) is 16.3. The molecular formula is C26H22ClFN2O5.